The minimum atomic E-state index is -0.119. The van der Waals surface area contributed by atoms with Crippen LogP contribution >= 0.6 is 0 Å². The maximum absolute atomic E-state index is 13.1. The Hall–Kier alpha value is -3.08. The first-order chi connectivity index (χ1) is 14.5. The average Bonchev–Trinajstić information content (AvgIpc) is 3.26. The van der Waals surface area contributed by atoms with Crippen LogP contribution in [0, 0.1) is 13.8 Å². The van der Waals surface area contributed by atoms with Crippen LogP contribution in [0.3, 0.4) is 0 Å². The molecule has 30 heavy (non-hydrogen) atoms. The molecule has 0 radical (unpaired) electrons. The van der Waals surface area contributed by atoms with Gasteiger partial charge in [0, 0.05) is 29.1 Å². The van der Waals surface area contributed by atoms with Gasteiger partial charge < -0.3 is 15.2 Å². The fourth-order valence-electron chi connectivity index (χ4n) is 4.47. The number of nitrogens with zero attached hydrogens (tertiary/aromatic N) is 1. The van der Waals surface area contributed by atoms with Crippen molar-refractivity contribution in [2.24, 2.45) is 0 Å². The van der Waals surface area contributed by atoms with Gasteiger partial charge in [-0.1, -0.05) is 49.2 Å². The van der Waals surface area contributed by atoms with Crippen molar-refractivity contribution in [2.75, 3.05) is 0 Å². The first-order valence-electron chi connectivity index (χ1n) is 10.7. The van der Waals surface area contributed by atoms with E-state index < -0.39 is 0 Å². The number of carbonyl (C=O) groups is 1. The zero-order valence-corrected chi connectivity index (χ0v) is 17.7. The number of urea groups is 1. The maximum atomic E-state index is 13.1. The van der Waals surface area contributed by atoms with Gasteiger partial charge in [0.15, 0.2) is 0 Å². The van der Waals surface area contributed by atoms with E-state index in [1.54, 1.807) is 0 Å². The normalized spacial score (nSPS) is 14.2. The Morgan fingerprint density at radius 2 is 1.83 bits per heavy atom. The molecule has 1 saturated carbocycles. The molecule has 1 aliphatic carbocycles. The first-order valence-corrected chi connectivity index (χ1v) is 10.7. The Morgan fingerprint density at radius 3 is 2.57 bits per heavy atom. The van der Waals surface area contributed by atoms with Crippen LogP contribution in [0.2, 0.25) is 0 Å². The van der Waals surface area contributed by atoms with Crippen LogP contribution in [-0.2, 0) is 13.1 Å². The van der Waals surface area contributed by atoms with Gasteiger partial charge in [-0.05, 0) is 55.5 Å². The number of aromatic amines is 1. The molecule has 0 unspecified atom stereocenters. The molecule has 156 valence electrons. The number of aryl methyl sites for hydroxylation is 2. The van der Waals surface area contributed by atoms with Crippen molar-refractivity contribution in [1.82, 2.24) is 15.2 Å². The molecule has 0 saturated heterocycles. The van der Waals surface area contributed by atoms with E-state index in [1.807, 2.05) is 54.3 Å². The molecule has 0 aliphatic heterocycles. The van der Waals surface area contributed by atoms with Gasteiger partial charge >= 0.3 is 6.03 Å². The van der Waals surface area contributed by atoms with E-state index in [4.69, 9.17) is 0 Å². The van der Waals surface area contributed by atoms with E-state index in [2.05, 4.69) is 23.3 Å². The summed E-state index contributed by atoms with van der Waals surface area (Å²) in [5.41, 5.74) is 4.68. The van der Waals surface area contributed by atoms with Crippen molar-refractivity contribution in [3.05, 3.63) is 81.1 Å². The van der Waals surface area contributed by atoms with E-state index in [9.17, 15) is 9.59 Å². The average molecular weight is 404 g/mol. The molecule has 4 rings (SSSR count). The number of rotatable bonds is 5. The third-order valence-electron chi connectivity index (χ3n) is 6.04. The lowest BCUT2D eigenvalue weighted by molar-refractivity contribution is 0.170. The molecular formula is C25H29N3O2. The van der Waals surface area contributed by atoms with Crippen molar-refractivity contribution in [1.29, 1.82) is 0 Å². The second kappa shape index (κ2) is 8.74. The largest absolute Gasteiger partial charge is 0.334 e. The molecule has 0 spiro atoms. The Labute approximate surface area is 177 Å². The maximum Gasteiger partial charge on any atom is 0.318 e. The van der Waals surface area contributed by atoms with Crippen LogP contribution < -0.4 is 10.9 Å². The molecule has 1 fully saturated rings. The van der Waals surface area contributed by atoms with Crippen LogP contribution in [0.4, 0.5) is 4.79 Å². The fourth-order valence-corrected chi connectivity index (χ4v) is 4.47. The zero-order valence-electron chi connectivity index (χ0n) is 17.7. The van der Waals surface area contributed by atoms with Gasteiger partial charge in [-0.3, -0.25) is 4.79 Å². The van der Waals surface area contributed by atoms with E-state index in [0.717, 1.165) is 53.3 Å². The van der Waals surface area contributed by atoms with E-state index in [0.29, 0.717) is 18.7 Å². The molecule has 2 N–H and O–H groups in total. The van der Waals surface area contributed by atoms with Crippen LogP contribution in [-0.4, -0.2) is 22.0 Å². The van der Waals surface area contributed by atoms with Gasteiger partial charge in [0.2, 0.25) is 0 Å². The molecule has 2 aromatic carbocycles. The Morgan fingerprint density at radius 1 is 1.10 bits per heavy atom. The summed E-state index contributed by atoms with van der Waals surface area (Å²) in [6.45, 7) is 4.88. The standard InChI is InChI=1S/C25H29N3O2/c1-17-12-18(2)22-14-20(24(29)27-23(22)13-17)16-28(21-10-6-7-11-21)25(30)26-15-19-8-4-3-5-9-19/h3-5,8-9,12-14,21H,6-7,10-11,15-16H2,1-2H3,(H,26,30)(H,27,29). The highest BCUT2D eigenvalue weighted by molar-refractivity contribution is 5.83. The number of aromatic nitrogens is 1. The van der Waals surface area contributed by atoms with Crippen molar-refractivity contribution >= 4 is 16.9 Å². The number of pyridine rings is 1. The smallest absolute Gasteiger partial charge is 0.318 e. The summed E-state index contributed by atoms with van der Waals surface area (Å²) < 4.78 is 0. The molecule has 0 atom stereocenters. The molecule has 5 heteroatoms. The zero-order chi connectivity index (χ0) is 21.1. The van der Waals surface area contributed by atoms with Gasteiger partial charge in [-0.25, -0.2) is 4.79 Å². The minimum absolute atomic E-state index is 0.106. The predicted octanol–water partition coefficient (Wildman–Crippen LogP) is 4.80. The van der Waals surface area contributed by atoms with Gasteiger partial charge in [-0.15, -0.1) is 0 Å². The van der Waals surface area contributed by atoms with E-state index in [-0.39, 0.29) is 17.6 Å². The topological polar surface area (TPSA) is 65.2 Å². The molecule has 1 aromatic heterocycles. The number of fused-ring (bicyclic) bond motifs is 1. The molecule has 2 amide bonds. The minimum Gasteiger partial charge on any atom is -0.334 e. The van der Waals surface area contributed by atoms with Crippen molar-refractivity contribution in [2.45, 2.75) is 58.7 Å². The number of hydrogen-bond donors (Lipinski definition) is 2. The summed E-state index contributed by atoms with van der Waals surface area (Å²) in [7, 11) is 0. The molecule has 3 aromatic rings. The first kappa shape index (κ1) is 20.2. The van der Waals surface area contributed by atoms with Crippen LogP contribution in [0.5, 0.6) is 0 Å². The Bertz CT molecular complexity index is 1100. The van der Waals surface area contributed by atoms with Crippen LogP contribution in [0.25, 0.3) is 10.9 Å². The fraction of sp³-hybridized carbons (Fsp3) is 0.360. The number of H-pyrrole nitrogens is 1. The van der Waals surface area contributed by atoms with E-state index >= 15 is 0 Å². The highest BCUT2D eigenvalue weighted by atomic mass is 16.2. The van der Waals surface area contributed by atoms with Crippen LogP contribution in [0.1, 0.15) is 47.9 Å². The third kappa shape index (κ3) is 4.40. The second-order valence-corrected chi connectivity index (χ2v) is 8.38. The lowest BCUT2D eigenvalue weighted by atomic mass is 10.0. The summed E-state index contributed by atoms with van der Waals surface area (Å²) in [5.74, 6) is 0. The quantitative estimate of drug-likeness (QED) is 0.643. The summed E-state index contributed by atoms with van der Waals surface area (Å²) in [6.07, 6.45) is 4.23. The Balaban J connectivity index is 1.59. The number of carbonyl (C=O) groups excluding carboxylic acids is 1. The monoisotopic (exact) mass is 403 g/mol. The Kier molecular flexibility index (Phi) is 5.88. The summed E-state index contributed by atoms with van der Waals surface area (Å²) in [5, 5.41) is 4.08. The van der Waals surface area contributed by atoms with Crippen LogP contribution in [0.15, 0.2) is 53.3 Å². The summed E-state index contributed by atoms with van der Waals surface area (Å²) in [6, 6.07) is 16.0. The molecular weight excluding hydrogens is 374 g/mol. The van der Waals surface area contributed by atoms with Gasteiger partial charge in [-0.2, -0.15) is 0 Å². The van der Waals surface area contributed by atoms with Crippen molar-refractivity contribution < 1.29 is 4.79 Å². The highest BCUT2D eigenvalue weighted by Crippen LogP contribution is 2.26. The summed E-state index contributed by atoms with van der Waals surface area (Å²) in [4.78, 5) is 30.8. The SMILES string of the molecule is Cc1cc(C)c2cc(CN(C(=O)NCc3ccccc3)C3CCCC3)c(=O)[nH]c2c1. The van der Waals surface area contributed by atoms with E-state index in [1.165, 1.54) is 0 Å². The number of benzene rings is 2. The van der Waals surface area contributed by atoms with Crippen molar-refractivity contribution in [3.8, 4) is 0 Å². The predicted molar refractivity (Wildman–Crippen MR) is 121 cm³/mol. The van der Waals surface area contributed by atoms with Gasteiger partial charge in [0.25, 0.3) is 5.56 Å². The second-order valence-electron chi connectivity index (χ2n) is 8.38. The molecule has 1 heterocycles. The van der Waals surface area contributed by atoms with Gasteiger partial charge in [0.1, 0.15) is 0 Å². The van der Waals surface area contributed by atoms with Crippen molar-refractivity contribution in [3.63, 3.8) is 0 Å². The molecule has 5 nitrogen and oxygen atoms in total. The lowest BCUT2D eigenvalue weighted by Crippen LogP contribution is -2.45. The third-order valence-corrected chi connectivity index (χ3v) is 6.04. The molecule has 0 bridgehead atoms. The summed E-state index contributed by atoms with van der Waals surface area (Å²) >= 11 is 0. The number of hydrogen-bond acceptors (Lipinski definition) is 2. The lowest BCUT2D eigenvalue weighted by Gasteiger charge is -2.29. The number of amides is 2. The highest BCUT2D eigenvalue weighted by Gasteiger charge is 2.27. The number of nitrogens with one attached hydrogen (secondary N) is 2. The van der Waals surface area contributed by atoms with Gasteiger partial charge in [0.05, 0.1) is 6.54 Å². The molecule has 1 aliphatic rings.